The van der Waals surface area contributed by atoms with Gasteiger partial charge in [-0.3, -0.25) is 4.79 Å². The van der Waals surface area contributed by atoms with Crippen LogP contribution in [0.4, 0.5) is 0 Å². The lowest BCUT2D eigenvalue weighted by Gasteiger charge is -2.32. The maximum atomic E-state index is 11.7. The largest absolute Gasteiger partial charge is 0.342 e. The minimum absolute atomic E-state index is 0.260. The van der Waals surface area contributed by atoms with Crippen LogP contribution >= 0.6 is 15.9 Å². The van der Waals surface area contributed by atoms with Crippen LogP contribution in [0.3, 0.4) is 0 Å². The molecule has 0 aromatic carbocycles. The Kier molecular flexibility index (Phi) is 4.21. The standard InChI is InChI=1S/C12H22BrNO/c1-9-5-11(15)14(7-9)8-10(6-13)12(2,3)4/h9-10H,5-8H2,1-4H3. The van der Waals surface area contributed by atoms with Gasteiger partial charge in [-0.2, -0.15) is 0 Å². The first-order valence-electron chi connectivity index (χ1n) is 5.68. The highest BCUT2D eigenvalue weighted by molar-refractivity contribution is 9.09. The van der Waals surface area contributed by atoms with Crippen molar-refractivity contribution in [3.63, 3.8) is 0 Å². The van der Waals surface area contributed by atoms with E-state index in [1.807, 2.05) is 4.90 Å². The Morgan fingerprint density at radius 1 is 1.53 bits per heavy atom. The summed E-state index contributed by atoms with van der Waals surface area (Å²) in [5.41, 5.74) is 0.260. The Labute approximate surface area is 102 Å². The van der Waals surface area contributed by atoms with Crippen molar-refractivity contribution in [3.05, 3.63) is 0 Å². The molecule has 1 fully saturated rings. The average Bonchev–Trinajstić information content (AvgIpc) is 2.38. The van der Waals surface area contributed by atoms with Crippen molar-refractivity contribution in [2.24, 2.45) is 17.3 Å². The van der Waals surface area contributed by atoms with E-state index >= 15 is 0 Å². The van der Waals surface area contributed by atoms with Gasteiger partial charge in [-0.25, -0.2) is 0 Å². The third-order valence-electron chi connectivity index (χ3n) is 3.26. The van der Waals surface area contributed by atoms with Crippen molar-refractivity contribution < 1.29 is 4.79 Å². The lowest BCUT2D eigenvalue weighted by atomic mass is 9.82. The third kappa shape index (κ3) is 3.47. The van der Waals surface area contributed by atoms with Crippen molar-refractivity contribution in [2.45, 2.75) is 34.1 Å². The number of likely N-dealkylation sites (tertiary alicyclic amines) is 1. The molecule has 88 valence electrons. The van der Waals surface area contributed by atoms with Gasteiger partial charge < -0.3 is 4.90 Å². The van der Waals surface area contributed by atoms with Gasteiger partial charge in [0.2, 0.25) is 5.91 Å². The molecule has 2 atom stereocenters. The Balaban J connectivity index is 2.56. The van der Waals surface area contributed by atoms with E-state index in [1.54, 1.807) is 0 Å². The molecule has 0 aliphatic carbocycles. The van der Waals surface area contributed by atoms with Crippen LogP contribution in [0.5, 0.6) is 0 Å². The number of alkyl halides is 1. The van der Waals surface area contributed by atoms with Gasteiger partial charge in [0.15, 0.2) is 0 Å². The summed E-state index contributed by atoms with van der Waals surface area (Å²) >= 11 is 3.56. The zero-order valence-electron chi connectivity index (χ0n) is 10.2. The van der Waals surface area contributed by atoms with Gasteiger partial charge in [0.25, 0.3) is 0 Å². The Morgan fingerprint density at radius 3 is 2.47 bits per heavy atom. The fourth-order valence-corrected chi connectivity index (χ4v) is 3.14. The Bertz CT molecular complexity index is 234. The normalized spacial score (nSPS) is 24.7. The third-order valence-corrected chi connectivity index (χ3v) is 4.04. The molecule has 15 heavy (non-hydrogen) atoms. The van der Waals surface area contributed by atoms with Crippen LogP contribution in [0.25, 0.3) is 0 Å². The van der Waals surface area contributed by atoms with Gasteiger partial charge in [0.1, 0.15) is 0 Å². The van der Waals surface area contributed by atoms with Crippen molar-refractivity contribution >= 4 is 21.8 Å². The van der Waals surface area contributed by atoms with E-state index in [0.29, 0.717) is 17.7 Å². The van der Waals surface area contributed by atoms with Gasteiger partial charge in [-0.15, -0.1) is 0 Å². The fourth-order valence-electron chi connectivity index (χ4n) is 1.97. The summed E-state index contributed by atoms with van der Waals surface area (Å²) in [6.45, 7) is 10.7. The molecule has 1 saturated heterocycles. The summed E-state index contributed by atoms with van der Waals surface area (Å²) < 4.78 is 0. The predicted molar refractivity (Wildman–Crippen MR) is 67.1 cm³/mol. The maximum absolute atomic E-state index is 11.7. The van der Waals surface area contributed by atoms with Crippen LogP contribution in [-0.4, -0.2) is 29.2 Å². The first-order chi connectivity index (χ1) is 6.84. The quantitative estimate of drug-likeness (QED) is 0.726. The van der Waals surface area contributed by atoms with Gasteiger partial charge in [0.05, 0.1) is 0 Å². The summed E-state index contributed by atoms with van der Waals surface area (Å²) in [4.78, 5) is 13.7. The molecule has 0 aromatic rings. The molecule has 1 aliphatic heterocycles. The van der Waals surface area contributed by atoms with Crippen molar-refractivity contribution in [2.75, 3.05) is 18.4 Å². The molecule has 0 spiro atoms. The summed E-state index contributed by atoms with van der Waals surface area (Å²) in [5.74, 6) is 1.40. The number of nitrogens with zero attached hydrogens (tertiary/aromatic N) is 1. The Morgan fingerprint density at radius 2 is 2.13 bits per heavy atom. The van der Waals surface area contributed by atoms with Crippen LogP contribution in [0.2, 0.25) is 0 Å². The van der Waals surface area contributed by atoms with Crippen LogP contribution in [0, 0.1) is 17.3 Å². The molecule has 0 radical (unpaired) electrons. The second-order valence-electron chi connectivity index (χ2n) is 5.83. The molecule has 2 unspecified atom stereocenters. The zero-order valence-corrected chi connectivity index (χ0v) is 11.8. The first-order valence-corrected chi connectivity index (χ1v) is 6.80. The van der Waals surface area contributed by atoms with Gasteiger partial charge in [-0.05, 0) is 17.3 Å². The van der Waals surface area contributed by atoms with Gasteiger partial charge >= 0.3 is 0 Å². The molecular weight excluding hydrogens is 254 g/mol. The highest BCUT2D eigenvalue weighted by Gasteiger charge is 2.32. The maximum Gasteiger partial charge on any atom is 0.222 e. The van der Waals surface area contributed by atoms with Gasteiger partial charge in [0, 0.05) is 24.8 Å². The Hall–Kier alpha value is -0.0500. The van der Waals surface area contributed by atoms with Crippen molar-refractivity contribution in [1.82, 2.24) is 4.90 Å². The molecule has 1 rings (SSSR count). The summed E-state index contributed by atoms with van der Waals surface area (Å²) in [6.07, 6.45) is 0.735. The van der Waals surface area contributed by atoms with E-state index in [2.05, 4.69) is 43.6 Å². The average molecular weight is 276 g/mol. The minimum atomic E-state index is 0.260. The molecule has 2 nitrogen and oxygen atoms in total. The molecule has 1 amide bonds. The van der Waals surface area contributed by atoms with E-state index in [1.165, 1.54) is 0 Å². The smallest absolute Gasteiger partial charge is 0.222 e. The fraction of sp³-hybridized carbons (Fsp3) is 0.917. The zero-order chi connectivity index (χ0) is 11.6. The van der Waals surface area contributed by atoms with E-state index < -0.39 is 0 Å². The number of carbonyl (C=O) groups excluding carboxylic acids is 1. The minimum Gasteiger partial charge on any atom is -0.342 e. The number of carbonyl (C=O) groups is 1. The van der Waals surface area contributed by atoms with Gasteiger partial charge in [-0.1, -0.05) is 43.6 Å². The predicted octanol–water partition coefficient (Wildman–Crippen LogP) is 2.91. The lowest BCUT2D eigenvalue weighted by Crippen LogP contribution is -2.37. The second kappa shape index (κ2) is 4.86. The number of hydrogen-bond acceptors (Lipinski definition) is 1. The summed E-state index contributed by atoms with van der Waals surface area (Å²) in [7, 11) is 0. The molecule has 0 bridgehead atoms. The summed E-state index contributed by atoms with van der Waals surface area (Å²) in [6, 6.07) is 0. The highest BCUT2D eigenvalue weighted by Crippen LogP contribution is 2.30. The number of halogens is 1. The molecule has 0 N–H and O–H groups in total. The SMILES string of the molecule is CC1CC(=O)N(CC(CBr)C(C)(C)C)C1. The van der Waals surface area contributed by atoms with Crippen molar-refractivity contribution in [1.29, 1.82) is 0 Å². The number of hydrogen-bond donors (Lipinski definition) is 0. The molecule has 3 heteroatoms. The highest BCUT2D eigenvalue weighted by atomic mass is 79.9. The van der Waals surface area contributed by atoms with E-state index in [-0.39, 0.29) is 5.41 Å². The number of amides is 1. The molecule has 0 saturated carbocycles. The monoisotopic (exact) mass is 275 g/mol. The molecule has 1 aliphatic rings. The van der Waals surface area contributed by atoms with Crippen LogP contribution in [0.15, 0.2) is 0 Å². The van der Waals surface area contributed by atoms with E-state index in [0.717, 1.165) is 24.8 Å². The van der Waals surface area contributed by atoms with Crippen LogP contribution < -0.4 is 0 Å². The van der Waals surface area contributed by atoms with Crippen molar-refractivity contribution in [3.8, 4) is 0 Å². The second-order valence-corrected chi connectivity index (χ2v) is 6.47. The molecular formula is C12H22BrNO. The summed E-state index contributed by atoms with van der Waals surface area (Å²) in [5, 5.41) is 0.967. The number of rotatable bonds is 3. The topological polar surface area (TPSA) is 20.3 Å². The molecule has 0 aromatic heterocycles. The molecule has 1 heterocycles. The first kappa shape index (κ1) is 13.0. The van der Waals surface area contributed by atoms with E-state index in [9.17, 15) is 4.79 Å². The lowest BCUT2D eigenvalue weighted by molar-refractivity contribution is -0.128. The van der Waals surface area contributed by atoms with Crippen LogP contribution in [0.1, 0.15) is 34.1 Å². The van der Waals surface area contributed by atoms with E-state index in [4.69, 9.17) is 0 Å². The van der Waals surface area contributed by atoms with Crippen LogP contribution in [-0.2, 0) is 4.79 Å².